The van der Waals surface area contributed by atoms with Crippen molar-refractivity contribution >= 4 is 17.5 Å². The molecule has 1 fully saturated rings. The van der Waals surface area contributed by atoms with Crippen LogP contribution in [-0.4, -0.2) is 45.2 Å². The Kier molecular flexibility index (Phi) is 5.72. The molecule has 2 amide bonds. The number of carbonyl (C=O) groups is 2. The monoisotopic (exact) mass is 412 g/mol. The first-order chi connectivity index (χ1) is 14.5. The van der Waals surface area contributed by atoms with Crippen molar-refractivity contribution < 1.29 is 23.5 Å². The molecule has 1 aliphatic heterocycles. The number of halogens is 1. The summed E-state index contributed by atoms with van der Waals surface area (Å²) in [5, 5.41) is 2.84. The largest absolute Gasteiger partial charge is 0.492 e. The topological polar surface area (TPSA) is 67.9 Å². The number of amides is 2. The van der Waals surface area contributed by atoms with Crippen LogP contribution in [0, 0.1) is 11.2 Å². The van der Waals surface area contributed by atoms with Gasteiger partial charge in [0.1, 0.15) is 24.7 Å². The van der Waals surface area contributed by atoms with Crippen LogP contribution in [0.1, 0.15) is 24.3 Å². The summed E-state index contributed by atoms with van der Waals surface area (Å²) < 4.78 is 24.0. The highest BCUT2D eigenvalue weighted by atomic mass is 19.1. The molecule has 1 heterocycles. The number of anilines is 1. The summed E-state index contributed by atoms with van der Waals surface area (Å²) >= 11 is 0. The maximum atomic E-state index is 13.4. The highest BCUT2D eigenvalue weighted by Crippen LogP contribution is 2.65. The van der Waals surface area contributed by atoms with E-state index in [9.17, 15) is 14.0 Å². The molecule has 6 nitrogen and oxygen atoms in total. The summed E-state index contributed by atoms with van der Waals surface area (Å²) in [6.07, 6.45) is 1.39. The van der Waals surface area contributed by atoms with E-state index in [1.807, 2.05) is 24.3 Å². The van der Waals surface area contributed by atoms with E-state index in [0.29, 0.717) is 31.7 Å². The molecular weight excluding hydrogens is 387 g/mol. The molecule has 2 atom stereocenters. The first-order valence-corrected chi connectivity index (χ1v) is 10.1. The van der Waals surface area contributed by atoms with Crippen LogP contribution in [0.15, 0.2) is 48.5 Å². The zero-order valence-electron chi connectivity index (χ0n) is 16.9. The molecule has 0 spiro atoms. The Morgan fingerprint density at radius 2 is 2.00 bits per heavy atom. The lowest BCUT2D eigenvalue weighted by Crippen LogP contribution is -2.48. The van der Waals surface area contributed by atoms with Gasteiger partial charge in [0.05, 0.1) is 5.41 Å². The number of hydrogen-bond acceptors (Lipinski definition) is 4. The summed E-state index contributed by atoms with van der Waals surface area (Å²) in [4.78, 5) is 27.4. The molecule has 0 saturated heterocycles. The van der Waals surface area contributed by atoms with Crippen molar-refractivity contribution in [1.82, 2.24) is 5.32 Å². The van der Waals surface area contributed by atoms with E-state index in [2.05, 4.69) is 5.32 Å². The first-order valence-electron chi connectivity index (χ1n) is 10.1. The number of nitrogens with one attached hydrogen (secondary N) is 1. The van der Waals surface area contributed by atoms with Gasteiger partial charge in [-0.15, -0.1) is 0 Å². The van der Waals surface area contributed by atoms with Gasteiger partial charge in [0.25, 0.3) is 0 Å². The van der Waals surface area contributed by atoms with Crippen molar-refractivity contribution in [2.75, 3.05) is 38.3 Å². The van der Waals surface area contributed by atoms with E-state index in [-0.39, 0.29) is 36.7 Å². The minimum Gasteiger partial charge on any atom is -0.492 e. The second kappa shape index (κ2) is 8.44. The van der Waals surface area contributed by atoms with E-state index in [1.54, 1.807) is 24.1 Å². The zero-order valence-corrected chi connectivity index (χ0v) is 16.9. The number of ether oxygens (including phenoxy) is 2. The quantitative estimate of drug-likeness (QED) is 0.643. The van der Waals surface area contributed by atoms with Gasteiger partial charge in [0.2, 0.25) is 11.8 Å². The number of fused-ring (bicyclic) bond motifs is 3. The van der Waals surface area contributed by atoms with Gasteiger partial charge in [0.15, 0.2) is 0 Å². The Hall–Kier alpha value is -2.93. The number of nitrogens with zero attached hydrogens (tertiary/aromatic N) is 1. The first kappa shape index (κ1) is 20.3. The summed E-state index contributed by atoms with van der Waals surface area (Å²) in [7, 11) is 1.62. The third-order valence-corrected chi connectivity index (χ3v) is 5.81. The Balaban J connectivity index is 1.49. The fourth-order valence-corrected chi connectivity index (χ4v) is 4.12. The lowest BCUT2D eigenvalue weighted by molar-refractivity contribution is -0.128. The van der Waals surface area contributed by atoms with Gasteiger partial charge in [-0.2, -0.15) is 0 Å². The highest BCUT2D eigenvalue weighted by molar-refractivity contribution is 6.07. The summed E-state index contributed by atoms with van der Waals surface area (Å²) in [5.74, 6) is -0.0494. The van der Waals surface area contributed by atoms with Crippen molar-refractivity contribution in [3.8, 4) is 5.75 Å². The van der Waals surface area contributed by atoms with Crippen molar-refractivity contribution in [3.05, 3.63) is 59.9 Å². The van der Waals surface area contributed by atoms with E-state index < -0.39 is 5.41 Å². The van der Waals surface area contributed by atoms with Crippen molar-refractivity contribution in [2.45, 2.75) is 18.8 Å². The summed E-state index contributed by atoms with van der Waals surface area (Å²) in [6.45, 7) is 1.23. The normalized spacial score (nSPS) is 21.6. The zero-order chi connectivity index (χ0) is 21.1. The molecular formula is C23H25FN2O4. The molecule has 158 valence electrons. The third-order valence-electron chi connectivity index (χ3n) is 5.81. The van der Waals surface area contributed by atoms with Crippen LogP contribution < -0.4 is 15.0 Å². The molecule has 1 aliphatic carbocycles. The summed E-state index contributed by atoms with van der Waals surface area (Å²) in [5.41, 5.74) is 1.17. The molecule has 0 unspecified atom stereocenters. The fraction of sp³-hybridized carbons (Fsp3) is 0.391. The predicted molar refractivity (Wildman–Crippen MR) is 110 cm³/mol. The average molecular weight is 412 g/mol. The highest BCUT2D eigenvalue weighted by Gasteiger charge is 2.66. The second-order valence-corrected chi connectivity index (χ2v) is 7.80. The minimum absolute atomic E-state index is 0.0339. The lowest BCUT2D eigenvalue weighted by Gasteiger charge is -2.33. The van der Waals surface area contributed by atoms with E-state index in [0.717, 1.165) is 11.3 Å². The molecule has 30 heavy (non-hydrogen) atoms. The standard InChI is InChI=1S/C23H25FN2O4/c1-29-12-4-11-25-21(27)14-26-20-6-3-2-5-18(20)19-13-23(19,22(26)28)15-30-17-9-7-16(24)8-10-17/h2-3,5-10,19H,4,11-15H2,1H3,(H,25,27)/t19-,23+/m0/s1. The fourth-order valence-electron chi connectivity index (χ4n) is 4.12. The van der Waals surface area contributed by atoms with Crippen LogP contribution in [0.25, 0.3) is 0 Å². The van der Waals surface area contributed by atoms with Crippen LogP contribution in [0.5, 0.6) is 5.75 Å². The van der Waals surface area contributed by atoms with E-state index >= 15 is 0 Å². The van der Waals surface area contributed by atoms with E-state index in [1.165, 1.54) is 12.1 Å². The molecule has 7 heteroatoms. The molecule has 0 aromatic heterocycles. The van der Waals surface area contributed by atoms with Crippen LogP contribution >= 0.6 is 0 Å². The molecule has 4 rings (SSSR count). The van der Waals surface area contributed by atoms with Gasteiger partial charge in [-0.3, -0.25) is 9.59 Å². The Morgan fingerprint density at radius 1 is 1.23 bits per heavy atom. The van der Waals surface area contributed by atoms with Crippen LogP contribution in [0.2, 0.25) is 0 Å². The van der Waals surface area contributed by atoms with Crippen LogP contribution in [0.4, 0.5) is 10.1 Å². The molecule has 1 saturated carbocycles. The van der Waals surface area contributed by atoms with Gasteiger partial charge in [0, 0.05) is 31.9 Å². The van der Waals surface area contributed by atoms with Crippen LogP contribution in [0.3, 0.4) is 0 Å². The van der Waals surface area contributed by atoms with Crippen LogP contribution in [-0.2, 0) is 14.3 Å². The number of rotatable bonds is 9. The van der Waals surface area contributed by atoms with Crippen molar-refractivity contribution in [2.24, 2.45) is 5.41 Å². The van der Waals surface area contributed by atoms with Gasteiger partial charge in [-0.1, -0.05) is 18.2 Å². The molecule has 1 N–H and O–H groups in total. The minimum atomic E-state index is -0.681. The summed E-state index contributed by atoms with van der Waals surface area (Å²) in [6, 6.07) is 13.5. The number of carbonyl (C=O) groups excluding carboxylic acids is 2. The number of para-hydroxylation sites is 1. The Morgan fingerprint density at radius 3 is 2.77 bits per heavy atom. The molecule has 2 aliphatic rings. The van der Waals surface area contributed by atoms with Gasteiger partial charge >= 0.3 is 0 Å². The number of methoxy groups -OCH3 is 1. The molecule has 0 bridgehead atoms. The predicted octanol–water partition coefficient (Wildman–Crippen LogP) is 2.88. The second-order valence-electron chi connectivity index (χ2n) is 7.80. The van der Waals surface area contributed by atoms with Crippen molar-refractivity contribution in [3.63, 3.8) is 0 Å². The molecule has 2 aromatic rings. The van der Waals surface area contributed by atoms with Gasteiger partial charge in [-0.05, 0) is 48.7 Å². The maximum absolute atomic E-state index is 13.4. The maximum Gasteiger partial charge on any atom is 0.240 e. The SMILES string of the molecule is COCCCNC(=O)CN1C(=O)[C@@]2(COc3ccc(F)cc3)C[C@H]2c2ccccc21. The smallest absolute Gasteiger partial charge is 0.240 e. The molecule has 0 radical (unpaired) electrons. The van der Waals surface area contributed by atoms with Crippen molar-refractivity contribution in [1.29, 1.82) is 0 Å². The van der Waals surface area contributed by atoms with Gasteiger partial charge in [-0.25, -0.2) is 4.39 Å². The Bertz CT molecular complexity index is 933. The molecule has 2 aromatic carbocycles. The average Bonchev–Trinajstić information content (AvgIpc) is 3.50. The number of benzene rings is 2. The third kappa shape index (κ3) is 3.89. The lowest BCUT2D eigenvalue weighted by atomic mass is 9.92. The van der Waals surface area contributed by atoms with E-state index in [4.69, 9.17) is 9.47 Å². The van der Waals surface area contributed by atoms with Gasteiger partial charge < -0.3 is 19.7 Å². The number of hydrogen-bond donors (Lipinski definition) is 1. The Labute approximate surface area is 175 Å².